The maximum atomic E-state index is 14.3. The Kier molecular flexibility index (Phi) is 5.81. The third-order valence-corrected chi connectivity index (χ3v) is 5.31. The minimum atomic E-state index is -1.26. The number of carbonyl (C=O) groups is 1. The molecule has 9 heteroatoms. The summed E-state index contributed by atoms with van der Waals surface area (Å²) in [6.07, 6.45) is 7.76. The number of halogens is 3. The summed E-state index contributed by atoms with van der Waals surface area (Å²) in [7, 11) is 1.57. The highest BCUT2D eigenvalue weighted by atomic mass is 79.9. The maximum Gasteiger partial charge on any atom is 0.336 e. The van der Waals surface area contributed by atoms with Gasteiger partial charge in [0, 0.05) is 23.0 Å². The van der Waals surface area contributed by atoms with Crippen LogP contribution in [0.3, 0.4) is 0 Å². The molecule has 5 nitrogen and oxygen atoms in total. The molecule has 3 rings (SSSR count). The van der Waals surface area contributed by atoms with E-state index in [-0.39, 0.29) is 21.6 Å². The van der Waals surface area contributed by atoms with E-state index < -0.39 is 16.9 Å². The lowest BCUT2D eigenvalue weighted by molar-refractivity contribution is 0.0696. The number of benzene rings is 1. The predicted molar refractivity (Wildman–Crippen MR) is 106 cm³/mol. The summed E-state index contributed by atoms with van der Waals surface area (Å²) < 4.78 is 27.6. The molecule has 0 saturated carbocycles. The second kappa shape index (κ2) is 8.10. The molecule has 27 heavy (non-hydrogen) atoms. The molecule has 1 N–H and O–H groups in total. The molecule has 0 saturated heterocycles. The quantitative estimate of drug-likeness (QED) is 0.404. The first kappa shape index (κ1) is 19.4. The zero-order valence-corrected chi connectivity index (χ0v) is 16.5. The van der Waals surface area contributed by atoms with Gasteiger partial charge in [0.25, 0.3) is 0 Å². The van der Waals surface area contributed by atoms with Crippen LogP contribution in [0.1, 0.15) is 28.0 Å². The van der Waals surface area contributed by atoms with E-state index in [4.69, 9.17) is 5.11 Å². The molecule has 1 aromatic heterocycles. The van der Waals surface area contributed by atoms with Gasteiger partial charge in [-0.25, -0.2) is 19.2 Å². The number of hydrogen-bond acceptors (Lipinski definition) is 5. The second-order valence-electron chi connectivity index (χ2n) is 5.70. The van der Waals surface area contributed by atoms with Gasteiger partial charge in [-0.05, 0) is 24.6 Å². The van der Waals surface area contributed by atoms with Gasteiger partial charge in [0.1, 0.15) is 11.5 Å². The summed E-state index contributed by atoms with van der Waals surface area (Å²) in [5.41, 5.74) is 0.949. The number of thiazole rings is 1. The van der Waals surface area contributed by atoms with Gasteiger partial charge in [0.05, 0.1) is 11.8 Å². The van der Waals surface area contributed by atoms with Crippen LogP contribution < -0.4 is 5.01 Å². The van der Waals surface area contributed by atoms with Crippen LogP contribution in [0.5, 0.6) is 0 Å². The summed E-state index contributed by atoms with van der Waals surface area (Å²) in [6, 6.07) is 3.38. The normalized spacial score (nSPS) is 16.6. The summed E-state index contributed by atoms with van der Waals surface area (Å²) in [4.78, 5) is 15.6. The van der Waals surface area contributed by atoms with Crippen LogP contribution in [-0.4, -0.2) is 34.1 Å². The predicted octanol–water partition coefficient (Wildman–Crippen LogP) is 4.70. The smallest absolute Gasteiger partial charge is 0.336 e. The SMILES string of the molecule is CN(/N=C/c1ccc(F)cc1C(=O)O)c1nc(C2=CC(Br)CC=C2)c(F)s1. The van der Waals surface area contributed by atoms with Crippen LogP contribution in [0.2, 0.25) is 0 Å². The van der Waals surface area contributed by atoms with Gasteiger partial charge in [-0.2, -0.15) is 9.49 Å². The fourth-order valence-electron chi connectivity index (χ4n) is 2.43. The Labute approximate surface area is 166 Å². The van der Waals surface area contributed by atoms with Crippen LogP contribution >= 0.6 is 27.3 Å². The highest BCUT2D eigenvalue weighted by molar-refractivity contribution is 9.09. The molecule has 1 aromatic carbocycles. The number of rotatable bonds is 5. The van der Waals surface area contributed by atoms with Gasteiger partial charge in [0.15, 0.2) is 0 Å². The van der Waals surface area contributed by atoms with Gasteiger partial charge in [0.2, 0.25) is 10.3 Å². The largest absolute Gasteiger partial charge is 0.478 e. The topological polar surface area (TPSA) is 65.8 Å². The van der Waals surface area contributed by atoms with Crippen molar-refractivity contribution in [1.29, 1.82) is 0 Å². The molecule has 140 valence electrons. The number of anilines is 1. The van der Waals surface area contributed by atoms with Crippen molar-refractivity contribution in [1.82, 2.24) is 4.98 Å². The third-order valence-electron chi connectivity index (χ3n) is 3.76. The van der Waals surface area contributed by atoms with Crippen molar-refractivity contribution >= 4 is 50.2 Å². The Hall–Kier alpha value is -2.39. The molecular formula is C18H14BrF2N3O2S. The molecule has 1 atom stereocenters. The van der Waals surface area contributed by atoms with Gasteiger partial charge >= 0.3 is 5.97 Å². The number of carboxylic acid groups (broad SMARTS) is 1. The van der Waals surface area contributed by atoms with Crippen molar-refractivity contribution in [2.75, 3.05) is 12.1 Å². The highest BCUT2D eigenvalue weighted by Crippen LogP contribution is 2.32. The molecule has 0 fully saturated rings. The number of nitrogens with zero attached hydrogens (tertiary/aromatic N) is 3. The molecule has 1 unspecified atom stereocenters. The number of aromatic nitrogens is 1. The van der Waals surface area contributed by atoms with Gasteiger partial charge in [-0.3, -0.25) is 0 Å². The molecule has 1 heterocycles. The molecule has 0 amide bonds. The lowest BCUT2D eigenvalue weighted by atomic mass is 10.1. The fraction of sp³-hybridized carbons (Fsp3) is 0.167. The fourth-order valence-corrected chi connectivity index (χ4v) is 3.67. The van der Waals surface area contributed by atoms with Gasteiger partial charge in [-0.15, -0.1) is 0 Å². The van der Waals surface area contributed by atoms with E-state index in [0.29, 0.717) is 10.7 Å². The van der Waals surface area contributed by atoms with Gasteiger partial charge < -0.3 is 5.11 Å². The van der Waals surface area contributed by atoms with Crippen LogP contribution in [0.4, 0.5) is 13.9 Å². The standard InChI is InChI=1S/C18H14BrF2N3O2S/c1-24(22-9-11-5-6-13(20)8-14(11)17(25)26)18-23-15(16(21)27-18)10-3-2-4-12(19)7-10/h2-3,5-9,12H,4H2,1H3,(H,25,26)/b22-9+. The molecule has 1 aliphatic rings. The van der Waals surface area contributed by atoms with E-state index in [1.54, 1.807) is 7.05 Å². The molecule has 1 aliphatic carbocycles. The first-order chi connectivity index (χ1) is 12.8. The Balaban J connectivity index is 1.85. The number of alkyl halides is 1. The first-order valence-corrected chi connectivity index (χ1v) is 9.58. The van der Waals surface area contributed by atoms with Crippen molar-refractivity contribution < 1.29 is 18.7 Å². The summed E-state index contributed by atoms with van der Waals surface area (Å²) in [6.45, 7) is 0. The number of allylic oxidation sites excluding steroid dienone is 4. The van der Waals surface area contributed by atoms with Crippen molar-refractivity contribution in [2.24, 2.45) is 5.10 Å². The second-order valence-corrected chi connectivity index (χ2v) is 7.80. The molecule has 0 radical (unpaired) electrons. The van der Waals surface area contributed by atoms with E-state index in [2.05, 4.69) is 26.0 Å². The van der Waals surface area contributed by atoms with E-state index in [0.717, 1.165) is 29.9 Å². The first-order valence-electron chi connectivity index (χ1n) is 7.85. The summed E-state index contributed by atoms with van der Waals surface area (Å²) in [5.74, 6) is -1.91. The summed E-state index contributed by atoms with van der Waals surface area (Å²) >= 11 is 4.31. The van der Waals surface area contributed by atoms with Crippen LogP contribution in [0.25, 0.3) is 5.57 Å². The van der Waals surface area contributed by atoms with Crippen molar-refractivity contribution in [3.05, 3.63) is 64.2 Å². The van der Waals surface area contributed by atoms with E-state index in [9.17, 15) is 13.6 Å². The van der Waals surface area contributed by atoms with Crippen LogP contribution in [-0.2, 0) is 0 Å². The Morgan fingerprint density at radius 2 is 2.26 bits per heavy atom. The Morgan fingerprint density at radius 1 is 1.48 bits per heavy atom. The van der Waals surface area contributed by atoms with E-state index in [1.165, 1.54) is 17.3 Å². The molecule has 2 aromatic rings. The Bertz CT molecular complexity index is 972. The minimum Gasteiger partial charge on any atom is -0.478 e. The maximum absolute atomic E-state index is 14.3. The van der Waals surface area contributed by atoms with Crippen molar-refractivity contribution in [3.63, 3.8) is 0 Å². The minimum absolute atomic E-state index is 0.130. The van der Waals surface area contributed by atoms with Crippen molar-refractivity contribution in [2.45, 2.75) is 11.2 Å². The number of aromatic carboxylic acids is 1. The zero-order valence-electron chi connectivity index (χ0n) is 14.1. The average molecular weight is 454 g/mol. The van der Waals surface area contributed by atoms with Crippen LogP contribution in [0.15, 0.2) is 41.5 Å². The average Bonchev–Trinajstić information content (AvgIpc) is 3.02. The molecular weight excluding hydrogens is 440 g/mol. The van der Waals surface area contributed by atoms with E-state index >= 15 is 0 Å². The lowest BCUT2D eigenvalue weighted by Crippen LogP contribution is -2.10. The van der Waals surface area contributed by atoms with Crippen LogP contribution in [0, 0.1) is 10.9 Å². The highest BCUT2D eigenvalue weighted by Gasteiger charge is 2.18. The lowest BCUT2D eigenvalue weighted by Gasteiger charge is -2.10. The monoisotopic (exact) mass is 453 g/mol. The molecule has 0 aliphatic heterocycles. The number of hydrazone groups is 1. The Morgan fingerprint density at radius 3 is 2.96 bits per heavy atom. The summed E-state index contributed by atoms with van der Waals surface area (Å²) in [5, 5.41) is 14.5. The van der Waals surface area contributed by atoms with E-state index in [1.807, 2.05) is 18.2 Å². The van der Waals surface area contributed by atoms with Gasteiger partial charge in [-0.1, -0.05) is 45.5 Å². The number of carboxylic acids is 1. The molecule has 0 bridgehead atoms. The molecule has 0 spiro atoms. The number of hydrogen-bond donors (Lipinski definition) is 1. The zero-order chi connectivity index (χ0) is 19.6. The third kappa shape index (κ3) is 4.48. The van der Waals surface area contributed by atoms with Crippen molar-refractivity contribution in [3.8, 4) is 0 Å².